The molecule has 240 valence electrons. The van der Waals surface area contributed by atoms with Gasteiger partial charge in [0.15, 0.2) is 5.82 Å². The van der Waals surface area contributed by atoms with E-state index in [9.17, 15) is 18.8 Å². The van der Waals surface area contributed by atoms with Crippen molar-refractivity contribution in [3.8, 4) is 11.1 Å². The molecule has 49 heavy (non-hydrogen) atoms. The van der Waals surface area contributed by atoms with Crippen molar-refractivity contribution in [1.82, 2.24) is 15.1 Å². The van der Waals surface area contributed by atoms with Crippen LogP contribution in [0.15, 0.2) is 140 Å². The number of fused-ring (bicyclic) bond motifs is 2. The lowest BCUT2D eigenvalue weighted by molar-refractivity contribution is 0.0796. The topological polar surface area (TPSA) is 119 Å². The number of hydrogen-bond donors (Lipinski definition) is 3. The largest absolute Gasteiger partial charge is 0.382 e. The number of carbonyl (C=O) groups excluding carboxylic acids is 3. The van der Waals surface area contributed by atoms with Gasteiger partial charge in [0.25, 0.3) is 17.7 Å². The monoisotopic (exact) mass is 647 g/mol. The molecule has 1 aromatic heterocycles. The molecular formula is C40H30FN5O3. The van der Waals surface area contributed by atoms with Crippen molar-refractivity contribution in [2.24, 2.45) is 0 Å². The summed E-state index contributed by atoms with van der Waals surface area (Å²) in [4.78, 5) is 40.6. The minimum Gasteiger partial charge on any atom is -0.382 e. The molecule has 7 aromatic rings. The third-order valence-corrected chi connectivity index (χ3v) is 8.40. The van der Waals surface area contributed by atoms with Crippen LogP contribution in [0.2, 0.25) is 0 Å². The van der Waals surface area contributed by atoms with Crippen molar-refractivity contribution in [2.75, 3.05) is 11.1 Å². The predicted octanol–water partition coefficient (Wildman–Crippen LogP) is 7.51. The number of nitrogens with zero attached hydrogens (tertiary/aromatic N) is 2. The van der Waals surface area contributed by atoms with E-state index in [-0.39, 0.29) is 29.9 Å². The molecule has 0 unspecified atom stereocenters. The summed E-state index contributed by atoms with van der Waals surface area (Å²) in [5, 5.41) is 12.4. The van der Waals surface area contributed by atoms with Gasteiger partial charge in [-0.25, -0.2) is 4.39 Å². The number of rotatable bonds is 8. The van der Waals surface area contributed by atoms with E-state index in [1.807, 2.05) is 72.8 Å². The summed E-state index contributed by atoms with van der Waals surface area (Å²) in [6.07, 6.45) is 0.251. The zero-order chi connectivity index (χ0) is 33.9. The zero-order valence-corrected chi connectivity index (χ0v) is 26.1. The van der Waals surface area contributed by atoms with Crippen LogP contribution in [0.5, 0.6) is 0 Å². The van der Waals surface area contributed by atoms with Crippen LogP contribution in [0, 0.1) is 5.82 Å². The molecule has 1 atom stereocenters. The van der Waals surface area contributed by atoms with Gasteiger partial charge in [-0.15, -0.1) is 5.10 Å². The first-order chi connectivity index (χ1) is 23.9. The molecule has 7 rings (SSSR count). The van der Waals surface area contributed by atoms with Gasteiger partial charge in [-0.05, 0) is 82.1 Å². The molecule has 0 saturated carbocycles. The number of carbonyl (C=O) groups is 3. The van der Waals surface area contributed by atoms with Crippen LogP contribution in [0.25, 0.3) is 32.8 Å². The maximum Gasteiger partial charge on any atom is 0.270 e. The predicted molar refractivity (Wildman–Crippen MR) is 190 cm³/mol. The van der Waals surface area contributed by atoms with Crippen molar-refractivity contribution >= 4 is 50.9 Å². The lowest BCUT2D eigenvalue weighted by Crippen LogP contribution is -2.45. The quantitative estimate of drug-likeness (QED) is 0.158. The fourth-order valence-electron chi connectivity index (χ4n) is 6.02. The third kappa shape index (κ3) is 6.37. The SMILES string of the molecule is Nc1nn(C(=O)[C@H](Cc2ccccc2)NC(=O)c2ccccc2)c2cccc(-c3ccc4c(C(=O)Nc5ccc(F)cc5)cccc4c3)c12. The number of nitrogens with one attached hydrogen (secondary N) is 2. The van der Waals surface area contributed by atoms with Gasteiger partial charge in [-0.1, -0.05) is 84.9 Å². The maximum atomic E-state index is 14.2. The van der Waals surface area contributed by atoms with Crippen molar-refractivity contribution < 1.29 is 18.8 Å². The smallest absolute Gasteiger partial charge is 0.270 e. The molecule has 0 radical (unpaired) electrons. The number of hydrogen-bond acceptors (Lipinski definition) is 5. The van der Waals surface area contributed by atoms with Gasteiger partial charge in [-0.3, -0.25) is 14.4 Å². The van der Waals surface area contributed by atoms with Gasteiger partial charge < -0.3 is 16.4 Å². The molecule has 1 heterocycles. The molecule has 6 aromatic carbocycles. The first-order valence-corrected chi connectivity index (χ1v) is 15.7. The van der Waals surface area contributed by atoms with E-state index in [1.165, 1.54) is 28.9 Å². The third-order valence-electron chi connectivity index (χ3n) is 8.40. The van der Waals surface area contributed by atoms with E-state index in [1.54, 1.807) is 42.5 Å². The highest BCUT2D eigenvalue weighted by Gasteiger charge is 2.27. The molecule has 0 fully saturated rings. The number of nitrogen functional groups attached to an aromatic ring is 1. The van der Waals surface area contributed by atoms with Gasteiger partial charge in [0.1, 0.15) is 11.9 Å². The number of amides is 2. The molecule has 0 spiro atoms. The molecule has 0 aliphatic carbocycles. The second-order valence-corrected chi connectivity index (χ2v) is 11.6. The van der Waals surface area contributed by atoms with Crippen molar-refractivity contribution in [1.29, 1.82) is 0 Å². The van der Waals surface area contributed by atoms with Gasteiger partial charge in [0.05, 0.1) is 10.9 Å². The van der Waals surface area contributed by atoms with Gasteiger partial charge >= 0.3 is 0 Å². The Labute approximate surface area is 281 Å². The van der Waals surface area contributed by atoms with E-state index in [2.05, 4.69) is 15.7 Å². The van der Waals surface area contributed by atoms with Crippen molar-refractivity contribution in [3.63, 3.8) is 0 Å². The van der Waals surface area contributed by atoms with Crippen molar-refractivity contribution in [3.05, 3.63) is 162 Å². The van der Waals surface area contributed by atoms with Crippen LogP contribution < -0.4 is 16.4 Å². The standard InChI is InChI=1S/C40H30FN5O3/c41-29-18-20-30(21-19-29)43-39(48)33-15-7-13-27-24-28(17-22-31(27)33)32-14-8-16-35-36(32)37(42)45-46(35)40(49)34(23-25-9-3-1-4-10-25)44-38(47)26-11-5-2-6-12-26/h1-22,24,34H,23H2,(H2,42,45)(H,43,48)(H,44,47)/t34-/m0/s1. The fourth-order valence-corrected chi connectivity index (χ4v) is 6.02. The summed E-state index contributed by atoms with van der Waals surface area (Å²) in [7, 11) is 0. The molecule has 0 aliphatic rings. The minimum absolute atomic E-state index is 0.166. The Morgan fingerprint density at radius 2 is 1.47 bits per heavy atom. The summed E-state index contributed by atoms with van der Waals surface area (Å²) in [5.41, 5.74) is 10.8. The second kappa shape index (κ2) is 13.2. The van der Waals surface area contributed by atoms with Crippen LogP contribution in [0.1, 0.15) is 31.1 Å². The molecule has 2 amide bonds. The molecule has 0 saturated heterocycles. The van der Waals surface area contributed by atoms with Crippen LogP contribution in [-0.2, 0) is 6.42 Å². The summed E-state index contributed by atoms with van der Waals surface area (Å²) >= 11 is 0. The first-order valence-electron chi connectivity index (χ1n) is 15.7. The Balaban J connectivity index is 1.23. The number of anilines is 2. The highest BCUT2D eigenvalue weighted by atomic mass is 19.1. The second-order valence-electron chi connectivity index (χ2n) is 11.6. The number of aromatic nitrogens is 2. The van der Waals surface area contributed by atoms with Crippen LogP contribution in [-0.4, -0.2) is 33.5 Å². The van der Waals surface area contributed by atoms with E-state index in [0.29, 0.717) is 27.7 Å². The number of benzene rings is 6. The average Bonchev–Trinajstić information content (AvgIpc) is 3.48. The molecular weight excluding hydrogens is 617 g/mol. The van der Waals surface area contributed by atoms with Crippen LogP contribution in [0.4, 0.5) is 15.9 Å². The van der Waals surface area contributed by atoms with Gasteiger partial charge in [0.2, 0.25) is 0 Å². The van der Waals surface area contributed by atoms with Gasteiger partial charge in [0, 0.05) is 23.2 Å². The molecule has 4 N–H and O–H groups in total. The lowest BCUT2D eigenvalue weighted by Gasteiger charge is -2.18. The van der Waals surface area contributed by atoms with Crippen molar-refractivity contribution in [2.45, 2.75) is 12.5 Å². The zero-order valence-electron chi connectivity index (χ0n) is 26.1. The van der Waals surface area contributed by atoms with E-state index < -0.39 is 11.9 Å². The number of halogens is 1. The Morgan fingerprint density at radius 1 is 0.755 bits per heavy atom. The Hall–Kier alpha value is -6.61. The fraction of sp³-hybridized carbons (Fsp3) is 0.0500. The van der Waals surface area contributed by atoms with Crippen LogP contribution >= 0.6 is 0 Å². The van der Waals surface area contributed by atoms with E-state index in [0.717, 1.165) is 27.5 Å². The normalized spacial score (nSPS) is 11.7. The summed E-state index contributed by atoms with van der Waals surface area (Å²) in [6.45, 7) is 0. The number of nitrogens with two attached hydrogens (primary N) is 1. The molecule has 9 heteroatoms. The maximum absolute atomic E-state index is 14.2. The summed E-state index contributed by atoms with van der Waals surface area (Å²) in [5.74, 6) is -1.34. The minimum atomic E-state index is -0.929. The molecule has 0 bridgehead atoms. The van der Waals surface area contributed by atoms with E-state index >= 15 is 0 Å². The van der Waals surface area contributed by atoms with Crippen LogP contribution in [0.3, 0.4) is 0 Å². The van der Waals surface area contributed by atoms with E-state index in [4.69, 9.17) is 5.73 Å². The Bertz CT molecular complexity index is 2340. The average molecular weight is 648 g/mol. The summed E-state index contributed by atoms with van der Waals surface area (Å²) in [6, 6.07) is 39.5. The summed E-state index contributed by atoms with van der Waals surface area (Å²) < 4.78 is 14.6. The van der Waals surface area contributed by atoms with Gasteiger partial charge in [-0.2, -0.15) is 4.68 Å². The Kier molecular flexibility index (Phi) is 8.39. The highest BCUT2D eigenvalue weighted by Crippen LogP contribution is 2.35. The molecule has 0 aliphatic heterocycles. The molecule has 8 nitrogen and oxygen atoms in total. The highest BCUT2D eigenvalue weighted by molar-refractivity contribution is 6.14. The Morgan fingerprint density at radius 3 is 2.22 bits per heavy atom. The lowest BCUT2D eigenvalue weighted by atomic mass is 9.96. The first kappa shape index (κ1) is 31.0.